The highest BCUT2D eigenvalue weighted by atomic mass is 16.1. The number of aromatic nitrogens is 2. The number of hydrogen-bond acceptors (Lipinski definition) is 2. The fourth-order valence-corrected chi connectivity index (χ4v) is 2.93. The molecule has 1 fully saturated rings. The maximum atomic E-state index is 12.6. The van der Waals surface area contributed by atoms with Crippen molar-refractivity contribution in [1.82, 2.24) is 9.78 Å². The van der Waals surface area contributed by atoms with Gasteiger partial charge in [0.15, 0.2) is 5.78 Å². The van der Waals surface area contributed by atoms with Crippen molar-refractivity contribution in [3.63, 3.8) is 0 Å². The Hall–Kier alpha value is -1.12. The van der Waals surface area contributed by atoms with Gasteiger partial charge in [0.25, 0.3) is 0 Å². The number of Topliss-reactive ketones (excluding diaryl/α,β-unsaturated/α-hetero) is 1. The largest absolute Gasteiger partial charge is 0.293 e. The van der Waals surface area contributed by atoms with Crippen LogP contribution in [0.2, 0.25) is 0 Å². The quantitative estimate of drug-likeness (QED) is 0.731. The standard InChI is InChI=1S/C14H22N2O/c1-3-9-16-11-12(10-15-16)13(17)14(4-2)7-5-6-8-14/h10-11H,3-9H2,1-2H3. The zero-order valence-corrected chi connectivity index (χ0v) is 10.9. The van der Waals surface area contributed by atoms with Crippen molar-refractivity contribution < 1.29 is 4.79 Å². The summed E-state index contributed by atoms with van der Waals surface area (Å²) in [7, 11) is 0. The van der Waals surface area contributed by atoms with Crippen LogP contribution in [-0.2, 0) is 6.54 Å². The predicted octanol–water partition coefficient (Wildman–Crippen LogP) is 3.45. The molecule has 1 aromatic rings. The number of carbonyl (C=O) groups excluding carboxylic acids is 1. The molecule has 1 heterocycles. The summed E-state index contributed by atoms with van der Waals surface area (Å²) in [5, 5.41) is 4.26. The van der Waals surface area contributed by atoms with E-state index in [9.17, 15) is 4.79 Å². The van der Waals surface area contributed by atoms with E-state index in [2.05, 4.69) is 18.9 Å². The third-order valence-corrected chi connectivity index (χ3v) is 4.07. The highest BCUT2D eigenvalue weighted by Crippen LogP contribution is 2.43. The first-order valence-electron chi connectivity index (χ1n) is 6.79. The molecule has 0 amide bonds. The lowest BCUT2D eigenvalue weighted by Gasteiger charge is -2.24. The molecule has 0 aliphatic heterocycles. The molecule has 0 radical (unpaired) electrons. The van der Waals surface area contributed by atoms with Crippen LogP contribution in [0.25, 0.3) is 0 Å². The van der Waals surface area contributed by atoms with E-state index in [0.29, 0.717) is 5.78 Å². The average molecular weight is 234 g/mol. The van der Waals surface area contributed by atoms with Crippen LogP contribution < -0.4 is 0 Å². The summed E-state index contributed by atoms with van der Waals surface area (Å²) in [6, 6.07) is 0. The van der Waals surface area contributed by atoms with Crippen molar-refractivity contribution in [3.05, 3.63) is 18.0 Å². The molecule has 0 spiro atoms. The molecule has 2 rings (SSSR count). The number of rotatable bonds is 5. The van der Waals surface area contributed by atoms with E-state index in [1.807, 2.05) is 10.9 Å². The Morgan fingerprint density at radius 2 is 2.12 bits per heavy atom. The van der Waals surface area contributed by atoms with Gasteiger partial charge >= 0.3 is 0 Å². The van der Waals surface area contributed by atoms with Gasteiger partial charge < -0.3 is 0 Å². The molecule has 0 atom stereocenters. The lowest BCUT2D eigenvalue weighted by Crippen LogP contribution is -2.27. The summed E-state index contributed by atoms with van der Waals surface area (Å²) < 4.78 is 1.88. The molecule has 0 aromatic carbocycles. The van der Waals surface area contributed by atoms with E-state index in [1.165, 1.54) is 12.8 Å². The summed E-state index contributed by atoms with van der Waals surface area (Å²) in [6.07, 6.45) is 10.2. The second kappa shape index (κ2) is 5.03. The van der Waals surface area contributed by atoms with Crippen LogP contribution in [0, 0.1) is 5.41 Å². The Labute approximate surface area is 103 Å². The minimum Gasteiger partial charge on any atom is -0.293 e. The maximum absolute atomic E-state index is 12.6. The first kappa shape index (κ1) is 12.3. The molecule has 0 N–H and O–H groups in total. The fourth-order valence-electron chi connectivity index (χ4n) is 2.93. The summed E-state index contributed by atoms with van der Waals surface area (Å²) in [6.45, 7) is 5.15. The van der Waals surface area contributed by atoms with Crippen molar-refractivity contribution in [2.24, 2.45) is 5.41 Å². The van der Waals surface area contributed by atoms with E-state index in [1.54, 1.807) is 6.20 Å². The molecule has 0 unspecified atom stereocenters. The SMILES string of the molecule is CCCn1cc(C(=O)C2(CC)CCCC2)cn1. The Kier molecular flexibility index (Phi) is 3.65. The van der Waals surface area contributed by atoms with Crippen LogP contribution in [-0.4, -0.2) is 15.6 Å². The molecule has 3 nitrogen and oxygen atoms in total. The second-order valence-corrected chi connectivity index (χ2v) is 5.16. The third kappa shape index (κ3) is 2.28. The molecular formula is C14H22N2O. The predicted molar refractivity (Wildman–Crippen MR) is 68.0 cm³/mol. The number of aryl methyl sites for hydroxylation is 1. The number of ketones is 1. The Morgan fingerprint density at radius 3 is 2.71 bits per heavy atom. The van der Waals surface area contributed by atoms with Gasteiger partial charge in [0, 0.05) is 18.2 Å². The summed E-state index contributed by atoms with van der Waals surface area (Å²) in [5.41, 5.74) is 0.724. The van der Waals surface area contributed by atoms with E-state index < -0.39 is 0 Å². The minimum absolute atomic E-state index is 0.0833. The van der Waals surface area contributed by atoms with Gasteiger partial charge in [-0.1, -0.05) is 26.7 Å². The third-order valence-electron chi connectivity index (χ3n) is 4.07. The van der Waals surface area contributed by atoms with Crippen LogP contribution in [0.15, 0.2) is 12.4 Å². The molecular weight excluding hydrogens is 212 g/mol. The maximum Gasteiger partial charge on any atom is 0.172 e. The number of hydrogen-bond donors (Lipinski definition) is 0. The highest BCUT2D eigenvalue weighted by Gasteiger charge is 2.39. The van der Waals surface area contributed by atoms with Crippen molar-refractivity contribution >= 4 is 5.78 Å². The minimum atomic E-state index is -0.0833. The van der Waals surface area contributed by atoms with Gasteiger partial charge in [0.2, 0.25) is 0 Å². The fraction of sp³-hybridized carbons (Fsp3) is 0.714. The van der Waals surface area contributed by atoms with Gasteiger partial charge in [-0.15, -0.1) is 0 Å². The van der Waals surface area contributed by atoms with Gasteiger partial charge in [-0.3, -0.25) is 9.48 Å². The zero-order valence-electron chi connectivity index (χ0n) is 10.9. The van der Waals surface area contributed by atoms with Gasteiger partial charge in [0.05, 0.1) is 11.8 Å². The molecule has 1 aromatic heterocycles. The van der Waals surface area contributed by atoms with Gasteiger partial charge in [-0.05, 0) is 25.7 Å². The van der Waals surface area contributed by atoms with Crippen molar-refractivity contribution in [2.45, 2.75) is 58.9 Å². The number of carbonyl (C=O) groups is 1. The first-order valence-corrected chi connectivity index (χ1v) is 6.79. The topological polar surface area (TPSA) is 34.9 Å². The van der Waals surface area contributed by atoms with Gasteiger partial charge in [-0.25, -0.2) is 0 Å². The molecule has 3 heteroatoms. The van der Waals surface area contributed by atoms with Crippen molar-refractivity contribution in [1.29, 1.82) is 0 Å². The Balaban J connectivity index is 2.17. The van der Waals surface area contributed by atoms with E-state index in [0.717, 1.165) is 37.8 Å². The molecule has 0 saturated heterocycles. The summed E-state index contributed by atoms with van der Waals surface area (Å²) in [5.74, 6) is 0.319. The first-order chi connectivity index (χ1) is 8.22. The molecule has 17 heavy (non-hydrogen) atoms. The molecule has 1 saturated carbocycles. The Morgan fingerprint density at radius 1 is 1.41 bits per heavy atom. The monoisotopic (exact) mass is 234 g/mol. The molecule has 1 aliphatic carbocycles. The molecule has 94 valence electrons. The average Bonchev–Trinajstić information content (AvgIpc) is 2.98. The van der Waals surface area contributed by atoms with E-state index >= 15 is 0 Å². The summed E-state index contributed by atoms with van der Waals surface area (Å²) in [4.78, 5) is 12.6. The smallest absolute Gasteiger partial charge is 0.172 e. The summed E-state index contributed by atoms with van der Waals surface area (Å²) >= 11 is 0. The lowest BCUT2D eigenvalue weighted by atomic mass is 9.77. The molecule has 0 bridgehead atoms. The van der Waals surface area contributed by atoms with Crippen molar-refractivity contribution in [3.8, 4) is 0 Å². The lowest BCUT2D eigenvalue weighted by molar-refractivity contribution is 0.0791. The Bertz CT molecular complexity index is 389. The van der Waals surface area contributed by atoms with Crippen LogP contribution in [0.3, 0.4) is 0 Å². The van der Waals surface area contributed by atoms with Gasteiger partial charge in [0.1, 0.15) is 0 Å². The van der Waals surface area contributed by atoms with Gasteiger partial charge in [-0.2, -0.15) is 5.10 Å². The van der Waals surface area contributed by atoms with Crippen LogP contribution in [0.4, 0.5) is 0 Å². The van der Waals surface area contributed by atoms with Crippen LogP contribution in [0.1, 0.15) is 62.7 Å². The highest BCUT2D eigenvalue weighted by molar-refractivity contribution is 6.00. The zero-order chi connectivity index (χ0) is 12.3. The number of nitrogens with zero attached hydrogens (tertiary/aromatic N) is 2. The van der Waals surface area contributed by atoms with Crippen LogP contribution >= 0.6 is 0 Å². The molecule has 1 aliphatic rings. The normalized spacial score (nSPS) is 18.5. The van der Waals surface area contributed by atoms with Crippen LogP contribution in [0.5, 0.6) is 0 Å². The van der Waals surface area contributed by atoms with Crippen molar-refractivity contribution in [2.75, 3.05) is 0 Å². The van der Waals surface area contributed by atoms with E-state index in [-0.39, 0.29) is 5.41 Å². The van der Waals surface area contributed by atoms with E-state index in [4.69, 9.17) is 0 Å². The second-order valence-electron chi connectivity index (χ2n) is 5.16.